The highest BCUT2D eigenvalue weighted by Gasteiger charge is 2.10. The highest BCUT2D eigenvalue weighted by molar-refractivity contribution is 9.10. The van der Waals surface area contributed by atoms with Gasteiger partial charge in [0.05, 0.1) is 6.04 Å². The van der Waals surface area contributed by atoms with Crippen molar-refractivity contribution in [3.05, 3.63) is 47.2 Å². The summed E-state index contributed by atoms with van der Waals surface area (Å²) in [5.74, 6) is 0.954. The summed E-state index contributed by atoms with van der Waals surface area (Å²) in [5.41, 5.74) is 0.922. The first-order valence-electron chi connectivity index (χ1n) is 5.24. The number of hydrogen-bond acceptors (Lipinski definition) is 2. The third-order valence-corrected chi connectivity index (χ3v) is 2.99. The van der Waals surface area contributed by atoms with E-state index in [1.165, 1.54) is 0 Å². The van der Waals surface area contributed by atoms with Crippen molar-refractivity contribution >= 4 is 26.9 Å². The Morgan fingerprint density at radius 2 is 2.31 bits per heavy atom. The molecular weight excluding hydrogens is 266 g/mol. The first-order chi connectivity index (χ1) is 7.70. The van der Waals surface area contributed by atoms with Crippen molar-refractivity contribution in [2.75, 3.05) is 6.54 Å². The monoisotopic (exact) mass is 279 g/mol. The molecule has 0 saturated carbocycles. The van der Waals surface area contributed by atoms with E-state index < -0.39 is 0 Å². The van der Waals surface area contributed by atoms with Crippen molar-refractivity contribution in [1.82, 2.24) is 5.32 Å². The highest BCUT2D eigenvalue weighted by Crippen LogP contribution is 2.26. The Balaban J connectivity index is 2.28. The van der Waals surface area contributed by atoms with Crippen LogP contribution in [0.15, 0.2) is 45.8 Å². The summed E-state index contributed by atoms with van der Waals surface area (Å²) in [6.45, 7) is 6.54. The van der Waals surface area contributed by atoms with Crippen molar-refractivity contribution in [2.24, 2.45) is 0 Å². The van der Waals surface area contributed by atoms with Gasteiger partial charge in [-0.25, -0.2) is 0 Å². The number of rotatable bonds is 4. The number of furan rings is 1. The smallest absolute Gasteiger partial charge is 0.134 e. The topological polar surface area (TPSA) is 25.2 Å². The van der Waals surface area contributed by atoms with E-state index in [4.69, 9.17) is 4.42 Å². The molecule has 0 bridgehead atoms. The Morgan fingerprint density at radius 3 is 3.06 bits per heavy atom. The average molecular weight is 280 g/mol. The van der Waals surface area contributed by atoms with Crippen molar-refractivity contribution < 1.29 is 4.42 Å². The van der Waals surface area contributed by atoms with Gasteiger partial charge < -0.3 is 9.73 Å². The average Bonchev–Trinajstić information content (AvgIpc) is 2.68. The van der Waals surface area contributed by atoms with E-state index in [1.807, 2.05) is 18.2 Å². The molecule has 1 unspecified atom stereocenters. The molecule has 1 atom stereocenters. The molecule has 3 heteroatoms. The Bertz CT molecular complexity index is 504. The molecule has 1 heterocycles. The van der Waals surface area contributed by atoms with Gasteiger partial charge in [-0.05, 0) is 31.2 Å². The predicted molar refractivity (Wildman–Crippen MR) is 70.5 cm³/mol. The molecule has 0 aliphatic carbocycles. The maximum Gasteiger partial charge on any atom is 0.134 e. The minimum absolute atomic E-state index is 0.198. The van der Waals surface area contributed by atoms with Crippen LogP contribution in [0.3, 0.4) is 0 Å². The van der Waals surface area contributed by atoms with Gasteiger partial charge in [0, 0.05) is 16.4 Å². The molecule has 0 spiro atoms. The molecule has 1 aromatic heterocycles. The van der Waals surface area contributed by atoms with Gasteiger partial charge >= 0.3 is 0 Å². The van der Waals surface area contributed by atoms with E-state index in [0.717, 1.165) is 27.7 Å². The van der Waals surface area contributed by atoms with Gasteiger partial charge in [-0.2, -0.15) is 0 Å². The van der Waals surface area contributed by atoms with Crippen LogP contribution in [0.25, 0.3) is 11.0 Å². The third kappa shape index (κ3) is 2.36. The lowest BCUT2D eigenvalue weighted by Crippen LogP contribution is -2.17. The minimum atomic E-state index is 0.198. The zero-order valence-corrected chi connectivity index (χ0v) is 10.8. The molecule has 84 valence electrons. The van der Waals surface area contributed by atoms with Gasteiger partial charge in [-0.15, -0.1) is 6.58 Å². The molecule has 2 nitrogen and oxygen atoms in total. The van der Waals surface area contributed by atoms with Crippen LogP contribution >= 0.6 is 15.9 Å². The number of hydrogen-bond donors (Lipinski definition) is 1. The van der Waals surface area contributed by atoms with E-state index in [2.05, 4.69) is 46.9 Å². The molecule has 16 heavy (non-hydrogen) atoms. The summed E-state index contributed by atoms with van der Waals surface area (Å²) in [4.78, 5) is 0. The lowest BCUT2D eigenvalue weighted by atomic mass is 10.2. The second-order valence-corrected chi connectivity index (χ2v) is 4.67. The van der Waals surface area contributed by atoms with Crippen LogP contribution in [0.5, 0.6) is 0 Å². The maximum atomic E-state index is 5.76. The van der Waals surface area contributed by atoms with E-state index in [9.17, 15) is 0 Å². The van der Waals surface area contributed by atoms with Crippen LogP contribution in [-0.2, 0) is 0 Å². The molecule has 1 aromatic carbocycles. The van der Waals surface area contributed by atoms with E-state index in [0.29, 0.717) is 0 Å². The Morgan fingerprint density at radius 1 is 1.50 bits per heavy atom. The summed E-state index contributed by atoms with van der Waals surface area (Å²) in [6, 6.07) is 8.29. The molecule has 2 rings (SSSR count). The van der Waals surface area contributed by atoms with Crippen molar-refractivity contribution in [3.8, 4) is 0 Å². The summed E-state index contributed by atoms with van der Waals surface area (Å²) in [6.07, 6.45) is 1.84. The molecule has 2 aromatic rings. The second kappa shape index (κ2) is 4.85. The van der Waals surface area contributed by atoms with Crippen LogP contribution in [-0.4, -0.2) is 6.54 Å². The van der Waals surface area contributed by atoms with Crippen LogP contribution in [0.2, 0.25) is 0 Å². The fourth-order valence-electron chi connectivity index (χ4n) is 1.61. The second-order valence-electron chi connectivity index (χ2n) is 3.75. The van der Waals surface area contributed by atoms with Crippen LogP contribution in [0.1, 0.15) is 18.7 Å². The summed E-state index contributed by atoms with van der Waals surface area (Å²) in [5, 5.41) is 4.42. The predicted octanol–water partition coefficient (Wildman–Crippen LogP) is 4.03. The van der Waals surface area contributed by atoms with Crippen molar-refractivity contribution in [2.45, 2.75) is 13.0 Å². The van der Waals surface area contributed by atoms with Crippen molar-refractivity contribution in [1.29, 1.82) is 0 Å². The first kappa shape index (κ1) is 11.4. The number of benzene rings is 1. The quantitative estimate of drug-likeness (QED) is 0.855. The van der Waals surface area contributed by atoms with Gasteiger partial charge in [-0.3, -0.25) is 0 Å². The SMILES string of the molecule is C=CCNC(C)c1cc2cc(Br)ccc2o1. The van der Waals surface area contributed by atoms with Gasteiger partial charge in [0.15, 0.2) is 0 Å². The van der Waals surface area contributed by atoms with Gasteiger partial charge in [0.2, 0.25) is 0 Å². The molecular formula is C13H14BrNO. The number of halogens is 1. The fourth-order valence-corrected chi connectivity index (χ4v) is 1.99. The summed E-state index contributed by atoms with van der Waals surface area (Å²) in [7, 11) is 0. The van der Waals surface area contributed by atoms with Crippen LogP contribution < -0.4 is 5.32 Å². The lowest BCUT2D eigenvalue weighted by Gasteiger charge is -2.08. The standard InChI is InChI=1S/C13H14BrNO/c1-3-6-15-9(2)13-8-10-7-11(14)4-5-12(10)16-13/h3-5,7-9,15H,1,6H2,2H3. The molecule has 0 saturated heterocycles. The highest BCUT2D eigenvalue weighted by atomic mass is 79.9. The number of fused-ring (bicyclic) bond motifs is 1. The van der Waals surface area contributed by atoms with Crippen LogP contribution in [0, 0.1) is 0 Å². The molecule has 0 fully saturated rings. The molecule has 0 amide bonds. The summed E-state index contributed by atoms with van der Waals surface area (Å²) >= 11 is 3.45. The number of nitrogens with one attached hydrogen (secondary N) is 1. The Labute approximate surface area is 103 Å². The normalized spacial score (nSPS) is 12.9. The fraction of sp³-hybridized carbons (Fsp3) is 0.231. The molecule has 0 aliphatic heterocycles. The van der Waals surface area contributed by atoms with Crippen molar-refractivity contribution in [3.63, 3.8) is 0 Å². The minimum Gasteiger partial charge on any atom is -0.459 e. The summed E-state index contributed by atoms with van der Waals surface area (Å²) < 4.78 is 6.83. The van der Waals surface area contributed by atoms with Gasteiger partial charge in [0.1, 0.15) is 11.3 Å². The maximum absolute atomic E-state index is 5.76. The Hall–Kier alpha value is -1.06. The molecule has 0 radical (unpaired) electrons. The zero-order valence-electron chi connectivity index (χ0n) is 9.16. The molecule has 1 N–H and O–H groups in total. The van der Waals surface area contributed by atoms with Crippen LogP contribution in [0.4, 0.5) is 0 Å². The third-order valence-electron chi connectivity index (χ3n) is 2.49. The first-order valence-corrected chi connectivity index (χ1v) is 6.03. The van der Waals surface area contributed by atoms with Gasteiger partial charge in [0.25, 0.3) is 0 Å². The lowest BCUT2D eigenvalue weighted by molar-refractivity contribution is 0.465. The Kier molecular flexibility index (Phi) is 3.46. The van der Waals surface area contributed by atoms with Gasteiger partial charge in [-0.1, -0.05) is 22.0 Å². The van der Waals surface area contributed by atoms with E-state index in [-0.39, 0.29) is 6.04 Å². The van der Waals surface area contributed by atoms with E-state index in [1.54, 1.807) is 0 Å². The van der Waals surface area contributed by atoms with E-state index >= 15 is 0 Å². The molecule has 0 aliphatic rings. The largest absolute Gasteiger partial charge is 0.459 e. The zero-order chi connectivity index (χ0) is 11.5.